The standard InChI is InChI=1S/C19H24O7/c1-5-17(25-14(3)21)19(24-11-16-9-7-6-8-10-16)18(26-15(4)22)12-23-13(2)20/h5-10,17-19H,1,11-12H2,2-4H3/t17-,18+,19+/m1/s1. The highest BCUT2D eigenvalue weighted by Crippen LogP contribution is 2.17. The Hall–Kier alpha value is -2.67. The topological polar surface area (TPSA) is 88.1 Å². The van der Waals surface area contributed by atoms with Crippen molar-refractivity contribution in [2.75, 3.05) is 6.61 Å². The SMILES string of the molecule is C=C[C@@H](OC(C)=O)[C@H](OCc1ccccc1)[C@H](COC(C)=O)OC(C)=O. The van der Waals surface area contributed by atoms with Gasteiger partial charge in [-0.25, -0.2) is 0 Å². The zero-order chi connectivity index (χ0) is 19.5. The Labute approximate surface area is 152 Å². The molecule has 7 heteroatoms. The quantitative estimate of drug-likeness (QED) is 0.357. The average molecular weight is 364 g/mol. The number of hydrogen-bond acceptors (Lipinski definition) is 7. The summed E-state index contributed by atoms with van der Waals surface area (Å²) in [6.07, 6.45) is -1.39. The van der Waals surface area contributed by atoms with Crippen LogP contribution in [-0.2, 0) is 39.9 Å². The number of benzene rings is 1. The average Bonchev–Trinajstić information content (AvgIpc) is 2.58. The van der Waals surface area contributed by atoms with Gasteiger partial charge in [-0.05, 0) is 11.6 Å². The van der Waals surface area contributed by atoms with Gasteiger partial charge >= 0.3 is 17.9 Å². The first kappa shape index (κ1) is 21.4. The minimum Gasteiger partial charge on any atom is -0.462 e. The van der Waals surface area contributed by atoms with Gasteiger partial charge < -0.3 is 18.9 Å². The van der Waals surface area contributed by atoms with Crippen LogP contribution in [-0.4, -0.2) is 42.8 Å². The lowest BCUT2D eigenvalue weighted by atomic mass is 10.1. The molecule has 0 unspecified atom stereocenters. The second-order valence-electron chi connectivity index (χ2n) is 5.52. The van der Waals surface area contributed by atoms with E-state index >= 15 is 0 Å². The molecule has 7 nitrogen and oxygen atoms in total. The molecule has 26 heavy (non-hydrogen) atoms. The molecule has 1 aromatic carbocycles. The minimum atomic E-state index is -0.970. The molecule has 0 bridgehead atoms. The number of carbonyl (C=O) groups excluding carboxylic acids is 3. The molecule has 142 valence electrons. The lowest BCUT2D eigenvalue weighted by Crippen LogP contribution is -2.45. The van der Waals surface area contributed by atoms with E-state index in [1.54, 1.807) is 0 Å². The summed E-state index contributed by atoms with van der Waals surface area (Å²) in [6, 6.07) is 9.30. The molecule has 0 heterocycles. The van der Waals surface area contributed by atoms with Crippen LogP contribution in [0.15, 0.2) is 43.0 Å². The summed E-state index contributed by atoms with van der Waals surface area (Å²) in [5.41, 5.74) is 0.872. The summed E-state index contributed by atoms with van der Waals surface area (Å²) in [5, 5.41) is 0. The van der Waals surface area contributed by atoms with Crippen molar-refractivity contribution in [2.45, 2.75) is 45.7 Å². The van der Waals surface area contributed by atoms with E-state index in [9.17, 15) is 14.4 Å². The van der Waals surface area contributed by atoms with Gasteiger partial charge in [0.05, 0.1) is 6.61 Å². The van der Waals surface area contributed by atoms with Crippen LogP contribution in [0.2, 0.25) is 0 Å². The Morgan fingerprint density at radius 2 is 1.62 bits per heavy atom. The third-order valence-electron chi connectivity index (χ3n) is 3.28. The Morgan fingerprint density at radius 1 is 1.00 bits per heavy atom. The second-order valence-corrected chi connectivity index (χ2v) is 5.52. The Morgan fingerprint density at radius 3 is 2.12 bits per heavy atom. The zero-order valence-corrected chi connectivity index (χ0v) is 15.2. The summed E-state index contributed by atoms with van der Waals surface area (Å²) in [7, 11) is 0. The van der Waals surface area contributed by atoms with E-state index in [0.29, 0.717) is 0 Å². The molecule has 0 saturated heterocycles. The molecular weight excluding hydrogens is 340 g/mol. The normalized spacial score (nSPS) is 13.8. The third-order valence-corrected chi connectivity index (χ3v) is 3.28. The van der Waals surface area contributed by atoms with E-state index in [2.05, 4.69) is 6.58 Å². The van der Waals surface area contributed by atoms with Gasteiger partial charge in [0.25, 0.3) is 0 Å². The molecule has 0 saturated carbocycles. The molecule has 3 atom stereocenters. The van der Waals surface area contributed by atoms with Gasteiger partial charge in [0.2, 0.25) is 0 Å². The van der Waals surface area contributed by atoms with Crippen molar-refractivity contribution >= 4 is 17.9 Å². The molecule has 1 aromatic rings. The number of carbonyl (C=O) groups is 3. The fourth-order valence-corrected chi connectivity index (χ4v) is 2.23. The smallest absolute Gasteiger partial charge is 0.303 e. The summed E-state index contributed by atoms with van der Waals surface area (Å²) in [4.78, 5) is 34.0. The lowest BCUT2D eigenvalue weighted by Gasteiger charge is -2.30. The maximum atomic E-state index is 11.5. The van der Waals surface area contributed by atoms with Gasteiger partial charge in [-0.3, -0.25) is 14.4 Å². The Kier molecular flexibility index (Phi) is 9.08. The number of rotatable bonds is 10. The second kappa shape index (κ2) is 11.0. The molecule has 0 spiro atoms. The fraction of sp³-hybridized carbons (Fsp3) is 0.421. The first-order valence-corrected chi connectivity index (χ1v) is 8.09. The molecular formula is C19H24O7. The highest BCUT2D eigenvalue weighted by molar-refractivity contribution is 5.67. The highest BCUT2D eigenvalue weighted by atomic mass is 16.6. The maximum Gasteiger partial charge on any atom is 0.303 e. The van der Waals surface area contributed by atoms with Crippen LogP contribution in [0, 0.1) is 0 Å². The van der Waals surface area contributed by atoms with Crippen molar-refractivity contribution in [1.82, 2.24) is 0 Å². The van der Waals surface area contributed by atoms with Crippen molar-refractivity contribution in [1.29, 1.82) is 0 Å². The van der Waals surface area contributed by atoms with Gasteiger partial charge in [0.15, 0.2) is 6.10 Å². The van der Waals surface area contributed by atoms with E-state index in [1.165, 1.54) is 26.8 Å². The molecule has 0 radical (unpaired) electrons. The van der Waals surface area contributed by atoms with Crippen LogP contribution < -0.4 is 0 Å². The predicted octanol–water partition coefficient (Wildman–Crippen LogP) is 2.18. The number of hydrogen-bond donors (Lipinski definition) is 0. The monoisotopic (exact) mass is 364 g/mol. The molecule has 0 amide bonds. The molecule has 0 aliphatic rings. The highest BCUT2D eigenvalue weighted by Gasteiger charge is 2.34. The van der Waals surface area contributed by atoms with Crippen molar-refractivity contribution in [3.05, 3.63) is 48.6 Å². The molecule has 0 aliphatic heterocycles. The molecule has 1 rings (SSSR count). The van der Waals surface area contributed by atoms with Crippen molar-refractivity contribution < 1.29 is 33.3 Å². The summed E-state index contributed by atoms with van der Waals surface area (Å²) >= 11 is 0. The van der Waals surface area contributed by atoms with Gasteiger partial charge in [0, 0.05) is 20.8 Å². The number of esters is 3. The third kappa shape index (κ3) is 7.94. The first-order chi connectivity index (χ1) is 12.3. The molecule has 0 N–H and O–H groups in total. The van der Waals surface area contributed by atoms with Crippen LogP contribution in [0.25, 0.3) is 0 Å². The van der Waals surface area contributed by atoms with Crippen LogP contribution >= 0.6 is 0 Å². The molecule has 0 aromatic heterocycles. The lowest BCUT2D eigenvalue weighted by molar-refractivity contribution is -0.180. The van der Waals surface area contributed by atoms with Gasteiger partial charge in [-0.1, -0.05) is 36.9 Å². The maximum absolute atomic E-state index is 11.5. The van der Waals surface area contributed by atoms with Gasteiger partial charge in [-0.2, -0.15) is 0 Å². The summed E-state index contributed by atoms with van der Waals surface area (Å²) in [6.45, 7) is 7.29. The Bertz CT molecular complexity index is 612. The number of ether oxygens (including phenoxy) is 4. The first-order valence-electron chi connectivity index (χ1n) is 8.09. The van der Waals surface area contributed by atoms with Crippen LogP contribution in [0.5, 0.6) is 0 Å². The van der Waals surface area contributed by atoms with Gasteiger partial charge in [-0.15, -0.1) is 0 Å². The van der Waals surface area contributed by atoms with E-state index in [-0.39, 0.29) is 13.2 Å². The van der Waals surface area contributed by atoms with Crippen LogP contribution in [0.1, 0.15) is 26.3 Å². The van der Waals surface area contributed by atoms with Crippen molar-refractivity contribution in [3.8, 4) is 0 Å². The van der Waals surface area contributed by atoms with Crippen molar-refractivity contribution in [2.24, 2.45) is 0 Å². The van der Waals surface area contributed by atoms with E-state index in [0.717, 1.165) is 5.56 Å². The fourth-order valence-electron chi connectivity index (χ4n) is 2.23. The van der Waals surface area contributed by atoms with Crippen LogP contribution in [0.4, 0.5) is 0 Å². The summed E-state index contributed by atoms with van der Waals surface area (Å²) in [5.74, 6) is -1.66. The van der Waals surface area contributed by atoms with E-state index in [4.69, 9.17) is 18.9 Å². The van der Waals surface area contributed by atoms with Crippen LogP contribution in [0.3, 0.4) is 0 Å². The molecule has 0 aliphatic carbocycles. The minimum absolute atomic E-state index is 0.176. The Balaban J connectivity index is 3.02. The molecule has 0 fully saturated rings. The van der Waals surface area contributed by atoms with Gasteiger partial charge in [0.1, 0.15) is 18.8 Å². The largest absolute Gasteiger partial charge is 0.462 e. The van der Waals surface area contributed by atoms with E-state index in [1.807, 2.05) is 30.3 Å². The predicted molar refractivity (Wildman–Crippen MR) is 93.0 cm³/mol. The zero-order valence-electron chi connectivity index (χ0n) is 15.2. The van der Waals surface area contributed by atoms with E-state index < -0.39 is 36.2 Å². The summed E-state index contributed by atoms with van der Waals surface area (Å²) < 4.78 is 21.3. The van der Waals surface area contributed by atoms with Crippen molar-refractivity contribution in [3.63, 3.8) is 0 Å².